The maximum atomic E-state index is 10.6. The smallest absolute Gasteiger partial charge is 0.328 e. The fourth-order valence-electron chi connectivity index (χ4n) is 1.89. The van der Waals surface area contributed by atoms with Crippen LogP contribution in [0.4, 0.5) is 0 Å². The molecule has 0 aromatic heterocycles. The molecule has 2 nitrogen and oxygen atoms in total. The summed E-state index contributed by atoms with van der Waals surface area (Å²) in [6, 6.07) is 13.1. The Morgan fingerprint density at radius 3 is 2.55 bits per heavy atom. The van der Waals surface area contributed by atoms with Gasteiger partial charge in [0.05, 0.1) is 10.0 Å². The van der Waals surface area contributed by atoms with E-state index in [2.05, 4.69) is 0 Å². The molecular formula is C16H12Cl2O2. The Bertz CT molecular complexity index is 663. The molecule has 2 rings (SSSR count). The normalized spacial score (nSPS) is 10.9. The number of carboxylic acids is 1. The van der Waals surface area contributed by atoms with E-state index in [1.54, 1.807) is 12.1 Å². The SMILES string of the molecule is O=C(O)/C=C\c1ccccc1Cc1ccc(Cl)c(Cl)c1. The number of halogens is 2. The lowest BCUT2D eigenvalue weighted by Gasteiger charge is -2.07. The quantitative estimate of drug-likeness (QED) is 0.833. The van der Waals surface area contributed by atoms with Gasteiger partial charge < -0.3 is 5.11 Å². The molecule has 0 fully saturated rings. The zero-order valence-corrected chi connectivity index (χ0v) is 12.0. The van der Waals surface area contributed by atoms with Crippen molar-refractivity contribution in [2.24, 2.45) is 0 Å². The molecule has 20 heavy (non-hydrogen) atoms. The summed E-state index contributed by atoms with van der Waals surface area (Å²) < 4.78 is 0. The highest BCUT2D eigenvalue weighted by Crippen LogP contribution is 2.24. The maximum Gasteiger partial charge on any atom is 0.328 e. The summed E-state index contributed by atoms with van der Waals surface area (Å²) in [7, 11) is 0. The van der Waals surface area contributed by atoms with E-state index in [0.717, 1.165) is 22.8 Å². The molecule has 0 amide bonds. The van der Waals surface area contributed by atoms with E-state index in [1.807, 2.05) is 36.4 Å². The lowest BCUT2D eigenvalue weighted by molar-refractivity contribution is -0.131. The van der Waals surface area contributed by atoms with Crippen LogP contribution in [0.25, 0.3) is 6.08 Å². The van der Waals surface area contributed by atoms with Crippen LogP contribution in [0, 0.1) is 0 Å². The van der Waals surface area contributed by atoms with E-state index in [-0.39, 0.29) is 0 Å². The summed E-state index contributed by atoms with van der Waals surface area (Å²) in [4.78, 5) is 10.6. The Labute approximate surface area is 127 Å². The first-order valence-electron chi connectivity index (χ1n) is 5.99. The number of carbonyl (C=O) groups is 1. The van der Waals surface area contributed by atoms with Crippen LogP contribution in [0.15, 0.2) is 48.5 Å². The van der Waals surface area contributed by atoms with Crippen LogP contribution >= 0.6 is 23.2 Å². The van der Waals surface area contributed by atoms with Crippen molar-refractivity contribution in [2.75, 3.05) is 0 Å². The molecule has 4 heteroatoms. The molecule has 1 N–H and O–H groups in total. The number of carboxylic acid groups (broad SMARTS) is 1. The van der Waals surface area contributed by atoms with E-state index < -0.39 is 5.97 Å². The van der Waals surface area contributed by atoms with Crippen molar-refractivity contribution in [2.45, 2.75) is 6.42 Å². The molecule has 0 unspecified atom stereocenters. The predicted molar refractivity (Wildman–Crippen MR) is 82.4 cm³/mol. The predicted octanol–water partition coefficient (Wildman–Crippen LogP) is 4.68. The van der Waals surface area contributed by atoms with Crippen LogP contribution in [0.1, 0.15) is 16.7 Å². The second-order valence-corrected chi connectivity index (χ2v) is 5.11. The Kier molecular flexibility index (Phi) is 4.83. The lowest BCUT2D eigenvalue weighted by Crippen LogP contribution is -1.93. The Balaban J connectivity index is 2.29. The lowest BCUT2D eigenvalue weighted by atomic mass is 9.99. The minimum absolute atomic E-state index is 0.516. The molecule has 0 saturated heterocycles. The first-order chi connectivity index (χ1) is 9.56. The summed E-state index contributed by atoms with van der Waals surface area (Å²) >= 11 is 11.9. The summed E-state index contributed by atoms with van der Waals surface area (Å²) in [6.07, 6.45) is 3.39. The Hall–Kier alpha value is -1.77. The summed E-state index contributed by atoms with van der Waals surface area (Å²) in [6.45, 7) is 0. The summed E-state index contributed by atoms with van der Waals surface area (Å²) in [5.41, 5.74) is 2.93. The average molecular weight is 307 g/mol. The van der Waals surface area contributed by atoms with Crippen molar-refractivity contribution in [3.63, 3.8) is 0 Å². The van der Waals surface area contributed by atoms with Crippen molar-refractivity contribution in [3.8, 4) is 0 Å². The van der Waals surface area contributed by atoms with Crippen molar-refractivity contribution in [1.82, 2.24) is 0 Å². The topological polar surface area (TPSA) is 37.3 Å². The molecule has 0 bridgehead atoms. The molecule has 0 heterocycles. The van der Waals surface area contributed by atoms with Gasteiger partial charge in [-0.05, 0) is 41.3 Å². The number of rotatable bonds is 4. The molecule has 0 aliphatic carbocycles. The Morgan fingerprint density at radius 1 is 1.10 bits per heavy atom. The molecule has 0 aliphatic rings. The van der Waals surface area contributed by atoms with Gasteiger partial charge in [-0.15, -0.1) is 0 Å². The van der Waals surface area contributed by atoms with Crippen LogP contribution < -0.4 is 0 Å². The van der Waals surface area contributed by atoms with Gasteiger partial charge in [0.25, 0.3) is 0 Å². The molecule has 0 aliphatic heterocycles. The maximum absolute atomic E-state index is 10.6. The minimum Gasteiger partial charge on any atom is -0.478 e. The minimum atomic E-state index is -0.964. The van der Waals surface area contributed by atoms with Crippen molar-refractivity contribution in [3.05, 3.63) is 75.3 Å². The van der Waals surface area contributed by atoms with Gasteiger partial charge >= 0.3 is 5.97 Å². The number of aliphatic carboxylic acids is 1. The van der Waals surface area contributed by atoms with E-state index >= 15 is 0 Å². The van der Waals surface area contributed by atoms with Gasteiger partial charge in [-0.25, -0.2) is 4.79 Å². The second-order valence-electron chi connectivity index (χ2n) is 4.30. The molecule has 2 aromatic carbocycles. The second kappa shape index (κ2) is 6.60. The molecular weight excluding hydrogens is 295 g/mol. The first kappa shape index (κ1) is 14.6. The van der Waals surface area contributed by atoms with E-state index in [0.29, 0.717) is 16.5 Å². The number of hydrogen-bond acceptors (Lipinski definition) is 1. The fourth-order valence-corrected chi connectivity index (χ4v) is 2.21. The van der Waals surface area contributed by atoms with Gasteiger partial charge in [-0.3, -0.25) is 0 Å². The summed E-state index contributed by atoms with van der Waals surface area (Å²) in [5, 5.41) is 9.74. The van der Waals surface area contributed by atoms with Crippen LogP contribution in [0.3, 0.4) is 0 Å². The largest absolute Gasteiger partial charge is 0.478 e. The van der Waals surface area contributed by atoms with Crippen LogP contribution in [-0.2, 0) is 11.2 Å². The molecule has 0 spiro atoms. The average Bonchev–Trinajstić information content (AvgIpc) is 2.42. The van der Waals surface area contributed by atoms with Gasteiger partial charge in [-0.1, -0.05) is 53.5 Å². The highest BCUT2D eigenvalue weighted by atomic mass is 35.5. The molecule has 2 aromatic rings. The summed E-state index contributed by atoms with van der Waals surface area (Å²) in [5.74, 6) is -0.964. The van der Waals surface area contributed by atoms with Crippen molar-refractivity contribution < 1.29 is 9.90 Å². The van der Waals surface area contributed by atoms with Crippen molar-refractivity contribution in [1.29, 1.82) is 0 Å². The number of hydrogen-bond donors (Lipinski definition) is 1. The molecule has 0 atom stereocenters. The van der Waals surface area contributed by atoms with Gasteiger partial charge in [0.15, 0.2) is 0 Å². The zero-order chi connectivity index (χ0) is 14.5. The third-order valence-electron chi connectivity index (χ3n) is 2.84. The Morgan fingerprint density at radius 2 is 1.85 bits per heavy atom. The van der Waals surface area contributed by atoms with Crippen LogP contribution in [-0.4, -0.2) is 11.1 Å². The molecule has 0 radical (unpaired) electrons. The van der Waals surface area contributed by atoms with Crippen molar-refractivity contribution >= 4 is 35.2 Å². The van der Waals surface area contributed by atoms with E-state index in [1.165, 1.54) is 0 Å². The van der Waals surface area contributed by atoms with Crippen LogP contribution in [0.2, 0.25) is 10.0 Å². The first-order valence-corrected chi connectivity index (χ1v) is 6.74. The zero-order valence-electron chi connectivity index (χ0n) is 10.5. The fraction of sp³-hybridized carbons (Fsp3) is 0.0625. The highest BCUT2D eigenvalue weighted by Gasteiger charge is 2.04. The number of benzene rings is 2. The van der Waals surface area contributed by atoms with Gasteiger partial charge in [0, 0.05) is 6.08 Å². The molecule has 102 valence electrons. The van der Waals surface area contributed by atoms with Gasteiger partial charge in [-0.2, -0.15) is 0 Å². The van der Waals surface area contributed by atoms with Gasteiger partial charge in [0.2, 0.25) is 0 Å². The monoisotopic (exact) mass is 306 g/mol. The highest BCUT2D eigenvalue weighted by molar-refractivity contribution is 6.42. The molecule has 0 saturated carbocycles. The third-order valence-corrected chi connectivity index (χ3v) is 3.58. The van der Waals surface area contributed by atoms with Crippen LogP contribution in [0.5, 0.6) is 0 Å². The standard InChI is InChI=1S/C16H12Cl2O2/c17-14-7-5-11(10-15(14)18)9-13-4-2-1-3-12(13)6-8-16(19)20/h1-8,10H,9H2,(H,19,20)/b8-6-. The van der Waals surface area contributed by atoms with E-state index in [4.69, 9.17) is 28.3 Å². The third kappa shape index (κ3) is 3.86. The van der Waals surface area contributed by atoms with E-state index in [9.17, 15) is 4.79 Å². The van der Waals surface area contributed by atoms with Gasteiger partial charge in [0.1, 0.15) is 0 Å².